The van der Waals surface area contributed by atoms with E-state index in [1.807, 2.05) is 17.0 Å². The molecule has 0 bridgehead atoms. The molecule has 0 N–H and O–H groups in total. The third-order valence-electron chi connectivity index (χ3n) is 4.87. The van der Waals surface area contributed by atoms with Crippen LogP contribution in [0.3, 0.4) is 0 Å². The Bertz CT molecular complexity index is 758. The number of amides is 1. The van der Waals surface area contributed by atoms with Crippen LogP contribution in [-0.4, -0.2) is 46.5 Å². The number of carbonyl (C=O) groups excluding carboxylic acids is 1. The summed E-state index contributed by atoms with van der Waals surface area (Å²) < 4.78 is 6.93. The van der Waals surface area contributed by atoms with Gasteiger partial charge in [-0.15, -0.1) is 0 Å². The van der Waals surface area contributed by atoms with Crippen LogP contribution in [0.4, 0.5) is 0 Å². The van der Waals surface area contributed by atoms with Crippen molar-refractivity contribution in [2.45, 2.75) is 38.9 Å². The van der Waals surface area contributed by atoms with Crippen LogP contribution < -0.4 is 5.56 Å². The zero-order valence-corrected chi connectivity index (χ0v) is 14.9. The van der Waals surface area contributed by atoms with Crippen LogP contribution in [-0.2, 0) is 17.9 Å². The van der Waals surface area contributed by atoms with Crippen LogP contribution in [0.15, 0.2) is 45.9 Å². The van der Waals surface area contributed by atoms with Crippen LogP contribution in [0, 0.1) is 6.92 Å². The lowest BCUT2D eigenvalue weighted by Gasteiger charge is -2.37. The number of carbonyl (C=O) groups is 1. The first-order valence-electron chi connectivity index (χ1n) is 8.71. The van der Waals surface area contributed by atoms with Gasteiger partial charge in [-0.25, -0.2) is 0 Å². The molecule has 6 nitrogen and oxygen atoms in total. The second-order valence-electron chi connectivity index (χ2n) is 6.76. The van der Waals surface area contributed by atoms with Crippen LogP contribution in [0.5, 0.6) is 0 Å². The minimum atomic E-state index is -0.114. The highest BCUT2D eigenvalue weighted by molar-refractivity contribution is 5.76. The first kappa shape index (κ1) is 17.5. The molecule has 6 heteroatoms. The van der Waals surface area contributed by atoms with Gasteiger partial charge >= 0.3 is 0 Å². The fourth-order valence-electron chi connectivity index (χ4n) is 3.32. The Balaban J connectivity index is 1.78. The molecule has 1 fully saturated rings. The largest absolute Gasteiger partial charge is 0.467 e. The van der Waals surface area contributed by atoms with Crippen molar-refractivity contribution in [2.75, 3.05) is 20.1 Å². The molecule has 0 unspecified atom stereocenters. The normalized spacial score (nSPS) is 16.1. The lowest BCUT2D eigenvalue weighted by molar-refractivity contribution is -0.136. The Morgan fingerprint density at radius 3 is 2.72 bits per heavy atom. The summed E-state index contributed by atoms with van der Waals surface area (Å²) in [6.07, 6.45) is 5.17. The number of nitrogens with zero attached hydrogens (tertiary/aromatic N) is 3. The molecular weight excluding hydrogens is 318 g/mol. The number of furan rings is 1. The van der Waals surface area contributed by atoms with Crippen molar-refractivity contribution in [1.29, 1.82) is 0 Å². The van der Waals surface area contributed by atoms with E-state index in [1.54, 1.807) is 31.5 Å². The molecule has 0 spiro atoms. The van der Waals surface area contributed by atoms with Crippen LogP contribution in [0.25, 0.3) is 0 Å². The number of pyridine rings is 1. The summed E-state index contributed by atoms with van der Waals surface area (Å²) in [5.74, 6) is 0.725. The number of rotatable bonds is 5. The van der Waals surface area contributed by atoms with Gasteiger partial charge in [0.15, 0.2) is 0 Å². The first-order valence-corrected chi connectivity index (χ1v) is 8.71. The summed E-state index contributed by atoms with van der Waals surface area (Å²) in [6.45, 7) is 4.21. The van der Waals surface area contributed by atoms with E-state index in [9.17, 15) is 9.59 Å². The average molecular weight is 343 g/mol. The van der Waals surface area contributed by atoms with Crippen LogP contribution in [0.1, 0.15) is 24.2 Å². The molecule has 2 aromatic heterocycles. The Labute approximate surface area is 147 Å². The van der Waals surface area contributed by atoms with Gasteiger partial charge in [0.05, 0.1) is 12.8 Å². The lowest BCUT2D eigenvalue weighted by atomic mass is 10.0. The van der Waals surface area contributed by atoms with Crippen molar-refractivity contribution in [2.24, 2.45) is 0 Å². The fraction of sp³-hybridized carbons (Fsp3) is 0.474. The van der Waals surface area contributed by atoms with Gasteiger partial charge < -0.3 is 18.8 Å². The van der Waals surface area contributed by atoms with Gasteiger partial charge in [-0.1, -0.05) is 6.07 Å². The van der Waals surface area contributed by atoms with Crippen molar-refractivity contribution in [3.05, 3.63) is 58.4 Å². The monoisotopic (exact) mass is 343 g/mol. The molecule has 0 radical (unpaired) electrons. The highest BCUT2D eigenvalue weighted by atomic mass is 16.3. The summed E-state index contributed by atoms with van der Waals surface area (Å²) in [5.41, 5.74) is 0.532. The number of hydrogen-bond acceptors (Lipinski definition) is 4. The van der Waals surface area contributed by atoms with Gasteiger partial charge in [0, 0.05) is 17.8 Å². The SMILES string of the molecule is Cc1cccn(CC(=O)N(Cc2ccco2)C2CCN(C)CC2)c1=O. The van der Waals surface area contributed by atoms with Crippen molar-refractivity contribution in [3.8, 4) is 0 Å². The molecule has 134 valence electrons. The van der Waals surface area contributed by atoms with Crippen LogP contribution in [0.2, 0.25) is 0 Å². The maximum atomic E-state index is 13.0. The number of likely N-dealkylation sites (tertiary alicyclic amines) is 1. The highest BCUT2D eigenvalue weighted by Crippen LogP contribution is 2.19. The summed E-state index contributed by atoms with van der Waals surface area (Å²) in [5, 5.41) is 0. The second kappa shape index (κ2) is 7.70. The van der Waals surface area contributed by atoms with E-state index in [4.69, 9.17) is 4.42 Å². The Hall–Kier alpha value is -2.34. The number of aryl methyl sites for hydroxylation is 1. The Morgan fingerprint density at radius 1 is 1.28 bits per heavy atom. The average Bonchev–Trinajstić information content (AvgIpc) is 3.11. The zero-order valence-electron chi connectivity index (χ0n) is 14.9. The summed E-state index contributed by atoms with van der Waals surface area (Å²) in [4.78, 5) is 29.4. The van der Waals surface area contributed by atoms with Gasteiger partial charge in [0.1, 0.15) is 12.3 Å². The predicted molar refractivity (Wildman–Crippen MR) is 95.2 cm³/mol. The fourth-order valence-corrected chi connectivity index (χ4v) is 3.32. The predicted octanol–water partition coefficient (Wildman–Crippen LogP) is 1.87. The zero-order chi connectivity index (χ0) is 17.8. The molecular formula is C19H25N3O3. The number of hydrogen-bond donors (Lipinski definition) is 0. The van der Waals surface area contributed by atoms with Crippen molar-refractivity contribution >= 4 is 5.91 Å². The van der Waals surface area contributed by atoms with E-state index >= 15 is 0 Å². The second-order valence-corrected chi connectivity index (χ2v) is 6.76. The van der Waals surface area contributed by atoms with Crippen LogP contribution >= 0.6 is 0 Å². The third-order valence-corrected chi connectivity index (χ3v) is 4.87. The molecule has 25 heavy (non-hydrogen) atoms. The lowest BCUT2D eigenvalue weighted by Crippen LogP contribution is -2.47. The minimum Gasteiger partial charge on any atom is -0.467 e. The third kappa shape index (κ3) is 4.20. The van der Waals surface area contributed by atoms with Gasteiger partial charge in [-0.05, 0) is 58.1 Å². The number of aromatic nitrogens is 1. The molecule has 1 aliphatic rings. The van der Waals surface area contributed by atoms with E-state index < -0.39 is 0 Å². The van der Waals surface area contributed by atoms with Crippen molar-refractivity contribution in [3.63, 3.8) is 0 Å². The van der Waals surface area contributed by atoms with Crippen molar-refractivity contribution < 1.29 is 9.21 Å². The van der Waals surface area contributed by atoms with Gasteiger partial charge in [0.25, 0.3) is 5.56 Å². The van der Waals surface area contributed by atoms with E-state index in [0.29, 0.717) is 12.1 Å². The Kier molecular flexibility index (Phi) is 5.38. The molecule has 1 aliphatic heterocycles. The highest BCUT2D eigenvalue weighted by Gasteiger charge is 2.28. The first-order chi connectivity index (χ1) is 12.0. The summed E-state index contributed by atoms with van der Waals surface area (Å²) >= 11 is 0. The maximum absolute atomic E-state index is 13.0. The minimum absolute atomic E-state index is 0.0429. The van der Waals surface area contributed by atoms with E-state index in [-0.39, 0.29) is 24.1 Å². The molecule has 1 saturated heterocycles. The van der Waals surface area contributed by atoms with E-state index in [2.05, 4.69) is 11.9 Å². The number of piperidine rings is 1. The van der Waals surface area contributed by atoms with E-state index in [1.165, 1.54) is 4.57 Å². The smallest absolute Gasteiger partial charge is 0.253 e. The molecule has 3 rings (SSSR count). The molecule has 0 aromatic carbocycles. The molecule has 3 heterocycles. The quantitative estimate of drug-likeness (QED) is 0.832. The summed E-state index contributed by atoms with van der Waals surface area (Å²) in [6, 6.07) is 7.46. The molecule has 0 atom stereocenters. The van der Waals surface area contributed by atoms with E-state index in [0.717, 1.165) is 31.7 Å². The summed E-state index contributed by atoms with van der Waals surface area (Å²) in [7, 11) is 2.10. The molecule has 0 aliphatic carbocycles. The molecule has 0 saturated carbocycles. The standard InChI is InChI=1S/C19H25N3O3/c1-15-5-3-9-21(19(15)24)14-18(23)22(13-17-6-4-12-25-17)16-7-10-20(2)11-8-16/h3-6,9,12,16H,7-8,10-11,13-14H2,1-2H3. The maximum Gasteiger partial charge on any atom is 0.253 e. The van der Waals surface area contributed by atoms with Gasteiger partial charge in [-0.2, -0.15) is 0 Å². The topological polar surface area (TPSA) is 58.7 Å². The molecule has 1 amide bonds. The van der Waals surface area contributed by atoms with Gasteiger partial charge in [0.2, 0.25) is 5.91 Å². The van der Waals surface area contributed by atoms with Gasteiger partial charge in [-0.3, -0.25) is 9.59 Å². The Morgan fingerprint density at radius 2 is 2.04 bits per heavy atom. The molecule has 2 aromatic rings. The van der Waals surface area contributed by atoms with Crippen molar-refractivity contribution in [1.82, 2.24) is 14.4 Å².